The lowest BCUT2D eigenvalue weighted by Crippen LogP contribution is -2.44. The molecule has 2 aliphatic carbocycles. The van der Waals surface area contributed by atoms with Gasteiger partial charge < -0.3 is 10.6 Å². The molecule has 0 aromatic heterocycles. The molecule has 3 nitrogen and oxygen atoms in total. The zero-order chi connectivity index (χ0) is 11.5. The van der Waals surface area contributed by atoms with E-state index < -0.39 is 0 Å². The van der Waals surface area contributed by atoms with Gasteiger partial charge >= 0.3 is 0 Å². The van der Waals surface area contributed by atoms with Gasteiger partial charge in [0.1, 0.15) is 0 Å². The second-order valence-corrected chi connectivity index (χ2v) is 5.65. The van der Waals surface area contributed by atoms with Gasteiger partial charge in [0.2, 0.25) is 5.91 Å². The van der Waals surface area contributed by atoms with E-state index in [2.05, 4.69) is 0 Å². The van der Waals surface area contributed by atoms with Crippen LogP contribution in [0, 0.1) is 11.8 Å². The number of amides is 1. The Morgan fingerprint density at radius 1 is 1.25 bits per heavy atom. The molecular formula is C13H24N2O. The molecule has 0 spiro atoms. The first kappa shape index (κ1) is 11.9. The van der Waals surface area contributed by atoms with Crippen LogP contribution in [0.5, 0.6) is 0 Å². The van der Waals surface area contributed by atoms with Gasteiger partial charge in [-0.15, -0.1) is 0 Å². The number of carbonyl (C=O) groups is 1. The first-order valence-corrected chi connectivity index (χ1v) is 6.67. The molecule has 3 heteroatoms. The third-order valence-corrected chi connectivity index (χ3v) is 4.13. The predicted molar refractivity (Wildman–Crippen MR) is 64.9 cm³/mol. The molecule has 2 rings (SSSR count). The van der Waals surface area contributed by atoms with Gasteiger partial charge in [0.25, 0.3) is 0 Å². The molecule has 0 aliphatic heterocycles. The van der Waals surface area contributed by atoms with Gasteiger partial charge in [0.15, 0.2) is 0 Å². The van der Waals surface area contributed by atoms with E-state index in [1.165, 1.54) is 19.3 Å². The molecular weight excluding hydrogens is 200 g/mol. The summed E-state index contributed by atoms with van der Waals surface area (Å²) in [4.78, 5) is 14.1. The normalized spacial score (nSPS) is 30.9. The van der Waals surface area contributed by atoms with Gasteiger partial charge in [0, 0.05) is 25.6 Å². The summed E-state index contributed by atoms with van der Waals surface area (Å²) in [7, 11) is 1.96. The van der Waals surface area contributed by atoms with Gasteiger partial charge in [-0.05, 0) is 31.6 Å². The van der Waals surface area contributed by atoms with Crippen molar-refractivity contribution in [2.45, 2.75) is 51.0 Å². The van der Waals surface area contributed by atoms with Gasteiger partial charge in [-0.3, -0.25) is 4.79 Å². The van der Waals surface area contributed by atoms with Crippen LogP contribution >= 0.6 is 0 Å². The summed E-state index contributed by atoms with van der Waals surface area (Å²) in [5, 5.41) is 0. The van der Waals surface area contributed by atoms with Crippen LogP contribution in [-0.2, 0) is 4.79 Å². The Bertz CT molecular complexity index is 242. The number of hydrogen-bond acceptors (Lipinski definition) is 2. The van der Waals surface area contributed by atoms with Gasteiger partial charge in [0.05, 0.1) is 0 Å². The zero-order valence-corrected chi connectivity index (χ0v) is 10.3. The summed E-state index contributed by atoms with van der Waals surface area (Å²) in [6, 6.07) is 0.392. The maximum Gasteiger partial charge on any atom is 0.225 e. The molecule has 2 N–H and O–H groups in total. The number of hydrogen-bond donors (Lipinski definition) is 1. The van der Waals surface area contributed by atoms with E-state index in [4.69, 9.17) is 5.73 Å². The van der Waals surface area contributed by atoms with Crippen molar-refractivity contribution >= 4 is 5.91 Å². The average Bonchev–Trinajstić information content (AvgIpc) is 2.27. The minimum absolute atomic E-state index is 0.312. The monoisotopic (exact) mass is 224 g/mol. The van der Waals surface area contributed by atoms with Crippen molar-refractivity contribution in [3.8, 4) is 0 Å². The highest BCUT2D eigenvalue weighted by Crippen LogP contribution is 2.28. The summed E-state index contributed by atoms with van der Waals surface area (Å²) in [6.07, 6.45) is 8.19. The second-order valence-electron chi connectivity index (χ2n) is 5.65. The van der Waals surface area contributed by atoms with Crippen molar-refractivity contribution in [1.29, 1.82) is 0 Å². The Balaban J connectivity index is 1.74. The second kappa shape index (κ2) is 5.17. The molecule has 16 heavy (non-hydrogen) atoms. The molecule has 0 radical (unpaired) electrons. The van der Waals surface area contributed by atoms with Crippen molar-refractivity contribution in [3.63, 3.8) is 0 Å². The van der Waals surface area contributed by atoms with E-state index in [0.29, 0.717) is 23.8 Å². The van der Waals surface area contributed by atoms with Crippen LogP contribution in [-0.4, -0.2) is 30.4 Å². The number of carbonyl (C=O) groups excluding carboxylic acids is 1. The minimum Gasteiger partial charge on any atom is -0.345 e. The van der Waals surface area contributed by atoms with Crippen LogP contribution in [0.1, 0.15) is 44.9 Å². The highest BCUT2D eigenvalue weighted by atomic mass is 16.2. The lowest BCUT2D eigenvalue weighted by molar-refractivity contribution is -0.136. The molecule has 1 amide bonds. The van der Waals surface area contributed by atoms with Crippen molar-refractivity contribution in [2.75, 3.05) is 13.6 Å². The largest absolute Gasteiger partial charge is 0.345 e. The van der Waals surface area contributed by atoms with E-state index in [1.54, 1.807) is 0 Å². The summed E-state index contributed by atoms with van der Waals surface area (Å²) in [5.74, 6) is 1.35. The van der Waals surface area contributed by atoms with Gasteiger partial charge in [-0.2, -0.15) is 0 Å². The van der Waals surface area contributed by atoms with Crippen LogP contribution < -0.4 is 5.73 Å². The Morgan fingerprint density at radius 3 is 2.44 bits per heavy atom. The third-order valence-electron chi connectivity index (χ3n) is 4.13. The highest BCUT2D eigenvalue weighted by Gasteiger charge is 2.30. The van der Waals surface area contributed by atoms with E-state index in [0.717, 1.165) is 32.2 Å². The summed E-state index contributed by atoms with van der Waals surface area (Å²) in [5.41, 5.74) is 5.76. The predicted octanol–water partition coefficient (Wildman–Crippen LogP) is 1.76. The van der Waals surface area contributed by atoms with Gasteiger partial charge in [-0.25, -0.2) is 0 Å². The standard InChI is InChI=1S/C13H24N2O/c1-15(9-10-7-12(14)8-10)13(16)11-5-3-2-4-6-11/h10-12H,2-9,14H2,1H3. The molecule has 2 fully saturated rings. The summed E-state index contributed by atoms with van der Waals surface area (Å²) >= 11 is 0. The lowest BCUT2D eigenvalue weighted by Gasteiger charge is -2.36. The van der Waals surface area contributed by atoms with Crippen LogP contribution in [0.25, 0.3) is 0 Å². The van der Waals surface area contributed by atoms with Crippen LogP contribution in [0.3, 0.4) is 0 Å². The van der Waals surface area contributed by atoms with Crippen molar-refractivity contribution in [2.24, 2.45) is 17.6 Å². The fraction of sp³-hybridized carbons (Fsp3) is 0.923. The molecule has 0 bridgehead atoms. The number of rotatable bonds is 3. The van der Waals surface area contributed by atoms with Crippen LogP contribution in [0.15, 0.2) is 0 Å². The molecule has 0 aromatic carbocycles. The molecule has 92 valence electrons. The molecule has 0 aromatic rings. The smallest absolute Gasteiger partial charge is 0.225 e. The minimum atomic E-state index is 0.312. The molecule has 0 heterocycles. The molecule has 2 aliphatic rings. The molecule has 2 saturated carbocycles. The summed E-state index contributed by atoms with van der Waals surface area (Å²) in [6.45, 7) is 0.920. The fourth-order valence-electron chi connectivity index (χ4n) is 3.07. The van der Waals surface area contributed by atoms with Crippen LogP contribution in [0.2, 0.25) is 0 Å². The Morgan fingerprint density at radius 2 is 1.88 bits per heavy atom. The highest BCUT2D eigenvalue weighted by molar-refractivity contribution is 5.78. The van der Waals surface area contributed by atoms with Crippen molar-refractivity contribution in [3.05, 3.63) is 0 Å². The SMILES string of the molecule is CN(CC1CC(N)C1)C(=O)C1CCCCC1. The quantitative estimate of drug-likeness (QED) is 0.794. The zero-order valence-electron chi connectivity index (χ0n) is 10.3. The van der Waals surface area contributed by atoms with Crippen LogP contribution in [0.4, 0.5) is 0 Å². The Hall–Kier alpha value is -0.570. The first-order valence-electron chi connectivity index (χ1n) is 6.67. The van der Waals surface area contributed by atoms with E-state index in [9.17, 15) is 4.79 Å². The van der Waals surface area contributed by atoms with Crippen molar-refractivity contribution < 1.29 is 4.79 Å². The van der Waals surface area contributed by atoms with E-state index >= 15 is 0 Å². The molecule has 0 unspecified atom stereocenters. The van der Waals surface area contributed by atoms with Crippen molar-refractivity contribution in [1.82, 2.24) is 4.90 Å². The maximum atomic E-state index is 12.1. The number of nitrogens with zero attached hydrogens (tertiary/aromatic N) is 1. The maximum absolute atomic E-state index is 12.1. The molecule has 0 saturated heterocycles. The topological polar surface area (TPSA) is 46.3 Å². The average molecular weight is 224 g/mol. The Labute approximate surface area is 98.4 Å². The van der Waals surface area contributed by atoms with E-state index in [1.807, 2.05) is 11.9 Å². The van der Waals surface area contributed by atoms with Gasteiger partial charge in [-0.1, -0.05) is 19.3 Å². The number of nitrogens with two attached hydrogens (primary N) is 1. The van der Waals surface area contributed by atoms with E-state index in [-0.39, 0.29) is 0 Å². The fourth-order valence-corrected chi connectivity index (χ4v) is 3.07. The first-order chi connectivity index (χ1) is 7.66. The Kier molecular flexibility index (Phi) is 3.85. The third kappa shape index (κ3) is 2.76. The molecule has 0 atom stereocenters. The summed E-state index contributed by atoms with van der Waals surface area (Å²) < 4.78 is 0. The lowest BCUT2D eigenvalue weighted by atomic mass is 9.80.